The summed E-state index contributed by atoms with van der Waals surface area (Å²) in [6.45, 7) is 6.61. The molecule has 0 bridgehead atoms. The number of hydrogen-bond donors (Lipinski definition) is 1. The zero-order valence-electron chi connectivity index (χ0n) is 14.9. The van der Waals surface area contributed by atoms with Crippen molar-refractivity contribution in [2.45, 2.75) is 32.5 Å². The molecule has 1 atom stereocenters. The third-order valence-electron chi connectivity index (χ3n) is 5.14. The third kappa shape index (κ3) is 4.66. The Kier molecular flexibility index (Phi) is 6.19. The highest BCUT2D eigenvalue weighted by molar-refractivity contribution is 5.25. The van der Waals surface area contributed by atoms with E-state index in [9.17, 15) is 9.50 Å². The van der Waals surface area contributed by atoms with Crippen LogP contribution in [-0.2, 0) is 13.1 Å². The lowest BCUT2D eigenvalue weighted by molar-refractivity contribution is 0.0492. The maximum atomic E-state index is 14.0. The molecule has 0 aromatic heterocycles. The Morgan fingerprint density at radius 3 is 2.44 bits per heavy atom. The molecule has 3 rings (SSSR count). The van der Waals surface area contributed by atoms with Crippen LogP contribution in [0, 0.1) is 12.7 Å². The second kappa shape index (κ2) is 8.56. The zero-order valence-corrected chi connectivity index (χ0v) is 14.9. The number of piperazine rings is 1. The number of hydrogen-bond acceptors (Lipinski definition) is 3. The smallest absolute Gasteiger partial charge is 0.127 e. The van der Waals surface area contributed by atoms with Gasteiger partial charge in [-0.2, -0.15) is 0 Å². The lowest BCUT2D eigenvalue weighted by atomic mass is 10.0. The first-order valence-electron chi connectivity index (χ1n) is 9.02. The van der Waals surface area contributed by atoms with Crippen LogP contribution in [0.4, 0.5) is 4.39 Å². The number of halogens is 1. The summed E-state index contributed by atoms with van der Waals surface area (Å²) in [5, 5.41) is 9.46. The van der Waals surface area contributed by atoms with Crippen LogP contribution in [0.1, 0.15) is 23.1 Å². The van der Waals surface area contributed by atoms with Crippen molar-refractivity contribution in [2.75, 3.05) is 26.2 Å². The molecular formula is C21H27FN2O. The quantitative estimate of drug-likeness (QED) is 0.873. The van der Waals surface area contributed by atoms with E-state index in [1.54, 1.807) is 6.07 Å². The minimum atomic E-state index is -0.146. The van der Waals surface area contributed by atoms with Gasteiger partial charge in [0.25, 0.3) is 0 Å². The second-order valence-electron chi connectivity index (χ2n) is 6.89. The van der Waals surface area contributed by atoms with Gasteiger partial charge in [0.05, 0.1) is 0 Å². The summed E-state index contributed by atoms with van der Waals surface area (Å²) in [6.07, 6.45) is 0.721. The van der Waals surface area contributed by atoms with E-state index < -0.39 is 0 Å². The molecule has 0 saturated carbocycles. The lowest BCUT2D eigenvalue weighted by Gasteiger charge is -2.41. The number of aliphatic hydroxyl groups excluding tert-OH is 1. The maximum Gasteiger partial charge on any atom is 0.127 e. The highest BCUT2D eigenvalue weighted by Crippen LogP contribution is 2.20. The van der Waals surface area contributed by atoms with E-state index in [0.29, 0.717) is 6.54 Å². The zero-order chi connectivity index (χ0) is 17.6. The predicted octanol–water partition coefficient (Wildman–Crippen LogP) is 3.20. The Morgan fingerprint density at radius 2 is 1.72 bits per heavy atom. The Bertz CT molecular complexity index is 691. The summed E-state index contributed by atoms with van der Waals surface area (Å²) >= 11 is 0. The van der Waals surface area contributed by atoms with Crippen LogP contribution in [-0.4, -0.2) is 47.2 Å². The van der Waals surface area contributed by atoms with Gasteiger partial charge in [-0.1, -0.05) is 42.5 Å². The molecular weight excluding hydrogens is 315 g/mol. The van der Waals surface area contributed by atoms with E-state index in [-0.39, 0.29) is 18.5 Å². The minimum absolute atomic E-state index is 0.146. The second-order valence-corrected chi connectivity index (χ2v) is 6.89. The molecule has 1 aliphatic heterocycles. The largest absolute Gasteiger partial charge is 0.396 e. The van der Waals surface area contributed by atoms with Crippen molar-refractivity contribution in [3.8, 4) is 0 Å². The summed E-state index contributed by atoms with van der Waals surface area (Å²) in [4.78, 5) is 4.75. The molecule has 2 aromatic rings. The van der Waals surface area contributed by atoms with E-state index in [2.05, 4.69) is 41.0 Å². The molecule has 1 fully saturated rings. The van der Waals surface area contributed by atoms with Gasteiger partial charge in [-0.15, -0.1) is 0 Å². The molecule has 0 radical (unpaired) electrons. The monoisotopic (exact) mass is 342 g/mol. The van der Waals surface area contributed by atoms with Gasteiger partial charge in [0.15, 0.2) is 0 Å². The van der Waals surface area contributed by atoms with Gasteiger partial charge in [0, 0.05) is 50.9 Å². The highest BCUT2D eigenvalue weighted by atomic mass is 19.1. The fourth-order valence-corrected chi connectivity index (χ4v) is 3.61. The number of benzene rings is 2. The molecule has 2 aromatic carbocycles. The maximum absolute atomic E-state index is 14.0. The van der Waals surface area contributed by atoms with Crippen LogP contribution in [0.15, 0.2) is 48.5 Å². The summed E-state index contributed by atoms with van der Waals surface area (Å²) in [6, 6.07) is 15.7. The van der Waals surface area contributed by atoms with Gasteiger partial charge in [0.2, 0.25) is 0 Å². The van der Waals surface area contributed by atoms with E-state index in [0.717, 1.165) is 38.2 Å². The Morgan fingerprint density at radius 1 is 1.00 bits per heavy atom. The molecule has 1 aliphatic rings. The SMILES string of the molecule is Cc1ccccc1CN1CCN(Cc2ccccc2F)[C@H](CCO)C1. The van der Waals surface area contributed by atoms with Crippen LogP contribution >= 0.6 is 0 Å². The Balaban J connectivity index is 1.66. The average Bonchev–Trinajstić information content (AvgIpc) is 2.61. The van der Waals surface area contributed by atoms with Gasteiger partial charge >= 0.3 is 0 Å². The summed E-state index contributed by atoms with van der Waals surface area (Å²) in [5.74, 6) is -0.146. The van der Waals surface area contributed by atoms with Crippen LogP contribution in [0.5, 0.6) is 0 Å². The molecule has 25 heavy (non-hydrogen) atoms. The van der Waals surface area contributed by atoms with E-state index in [4.69, 9.17) is 0 Å². The van der Waals surface area contributed by atoms with Crippen molar-refractivity contribution in [2.24, 2.45) is 0 Å². The topological polar surface area (TPSA) is 26.7 Å². The Hall–Kier alpha value is -1.75. The first-order valence-corrected chi connectivity index (χ1v) is 9.02. The molecule has 0 unspecified atom stereocenters. The van der Waals surface area contributed by atoms with Gasteiger partial charge in [0.1, 0.15) is 5.82 Å². The van der Waals surface area contributed by atoms with Gasteiger partial charge in [-0.25, -0.2) is 4.39 Å². The van der Waals surface area contributed by atoms with Crippen molar-refractivity contribution >= 4 is 0 Å². The molecule has 4 heteroatoms. The number of aryl methyl sites for hydroxylation is 1. The normalized spacial score (nSPS) is 19.2. The van der Waals surface area contributed by atoms with Crippen molar-refractivity contribution < 1.29 is 9.50 Å². The van der Waals surface area contributed by atoms with E-state index in [1.165, 1.54) is 17.2 Å². The van der Waals surface area contributed by atoms with Gasteiger partial charge in [-0.05, 0) is 30.5 Å². The lowest BCUT2D eigenvalue weighted by Crippen LogP contribution is -2.52. The number of rotatable bonds is 6. The fraction of sp³-hybridized carbons (Fsp3) is 0.429. The van der Waals surface area contributed by atoms with E-state index in [1.807, 2.05) is 12.1 Å². The van der Waals surface area contributed by atoms with Crippen LogP contribution in [0.25, 0.3) is 0 Å². The summed E-state index contributed by atoms with van der Waals surface area (Å²) in [5.41, 5.74) is 3.40. The highest BCUT2D eigenvalue weighted by Gasteiger charge is 2.27. The van der Waals surface area contributed by atoms with Crippen molar-refractivity contribution in [3.63, 3.8) is 0 Å². The minimum Gasteiger partial charge on any atom is -0.396 e. The molecule has 0 amide bonds. The van der Waals surface area contributed by atoms with Gasteiger partial charge in [-0.3, -0.25) is 9.80 Å². The fourth-order valence-electron chi connectivity index (χ4n) is 3.61. The Labute approximate surface area is 149 Å². The van der Waals surface area contributed by atoms with Crippen LogP contribution in [0.3, 0.4) is 0 Å². The molecule has 134 valence electrons. The number of aliphatic hydroxyl groups is 1. The van der Waals surface area contributed by atoms with Crippen molar-refractivity contribution in [3.05, 3.63) is 71.0 Å². The molecule has 0 spiro atoms. The first-order chi connectivity index (χ1) is 12.2. The molecule has 1 N–H and O–H groups in total. The van der Waals surface area contributed by atoms with Crippen LogP contribution < -0.4 is 0 Å². The third-order valence-corrected chi connectivity index (χ3v) is 5.14. The predicted molar refractivity (Wildman–Crippen MR) is 98.8 cm³/mol. The average molecular weight is 342 g/mol. The van der Waals surface area contributed by atoms with Crippen LogP contribution in [0.2, 0.25) is 0 Å². The first kappa shape index (κ1) is 18.1. The number of nitrogens with zero attached hydrogens (tertiary/aromatic N) is 2. The summed E-state index contributed by atoms with van der Waals surface area (Å²) in [7, 11) is 0. The molecule has 1 saturated heterocycles. The molecule has 0 aliphatic carbocycles. The van der Waals surface area contributed by atoms with Crippen molar-refractivity contribution in [1.82, 2.24) is 9.80 Å². The standard InChI is InChI=1S/C21H27FN2O/c1-17-6-2-3-7-18(17)14-23-11-12-24(20(16-23)10-13-25)15-19-8-4-5-9-21(19)22/h2-9,20,25H,10-16H2,1H3/t20-/m1/s1. The summed E-state index contributed by atoms with van der Waals surface area (Å²) < 4.78 is 14.0. The molecule has 1 heterocycles. The van der Waals surface area contributed by atoms with Gasteiger partial charge < -0.3 is 5.11 Å². The van der Waals surface area contributed by atoms with E-state index >= 15 is 0 Å². The molecule has 3 nitrogen and oxygen atoms in total. The van der Waals surface area contributed by atoms with Crippen molar-refractivity contribution in [1.29, 1.82) is 0 Å².